The molecule has 10 heteroatoms. The Bertz CT molecular complexity index is 1250. The van der Waals surface area contributed by atoms with E-state index in [2.05, 4.69) is 5.32 Å². The summed E-state index contributed by atoms with van der Waals surface area (Å²) in [5, 5.41) is 11.8. The molecule has 4 N–H and O–H groups in total. The summed E-state index contributed by atoms with van der Waals surface area (Å²) in [6.45, 7) is 5.34. The van der Waals surface area contributed by atoms with E-state index in [0.29, 0.717) is 17.1 Å². The highest BCUT2D eigenvalue weighted by molar-refractivity contribution is 8.93. The summed E-state index contributed by atoms with van der Waals surface area (Å²) in [6, 6.07) is 13.4. The van der Waals surface area contributed by atoms with Crippen molar-refractivity contribution >= 4 is 51.4 Å². The minimum Gasteiger partial charge on any atom is -0.460 e. The fourth-order valence-corrected chi connectivity index (χ4v) is 3.08. The Kier molecular flexibility index (Phi) is 9.18. The lowest BCUT2D eigenvalue weighted by molar-refractivity contribution is -0.155. The van der Waals surface area contributed by atoms with Crippen LogP contribution in [-0.4, -0.2) is 29.3 Å². The number of carbonyl (C=O) groups excluding carboxylic acids is 3. The highest BCUT2D eigenvalue weighted by Gasteiger charge is 2.18. The zero-order valence-electron chi connectivity index (χ0n) is 19.7. The average molecular weight is 546 g/mol. The van der Waals surface area contributed by atoms with Gasteiger partial charge in [0.1, 0.15) is 22.9 Å². The number of nitrogens with two attached hydrogens (primary N) is 1. The van der Waals surface area contributed by atoms with Crippen LogP contribution in [0.4, 0.5) is 0 Å². The van der Waals surface area contributed by atoms with Crippen molar-refractivity contribution in [1.29, 1.82) is 5.41 Å². The predicted octanol–water partition coefficient (Wildman–Crippen LogP) is 4.25. The molecule has 0 fully saturated rings. The molecule has 0 aliphatic carbocycles. The molecule has 1 heterocycles. The number of nitrogens with one attached hydrogen (secondary N) is 2. The molecule has 1 aromatic heterocycles. The van der Waals surface area contributed by atoms with Gasteiger partial charge in [-0.15, -0.1) is 17.0 Å². The maximum Gasteiger partial charge on any atom is 0.379 e. The first-order valence-electron chi connectivity index (χ1n) is 10.7. The molecule has 9 nitrogen and oxygen atoms in total. The van der Waals surface area contributed by atoms with Crippen LogP contribution in [-0.2, 0) is 20.9 Å². The molecule has 3 aromatic rings. The average Bonchev–Trinajstić information content (AvgIpc) is 3.24. The number of amides is 1. The maximum absolute atomic E-state index is 12.4. The Morgan fingerprint density at radius 2 is 1.69 bits per heavy atom. The number of rotatable bonds is 8. The highest BCUT2D eigenvalue weighted by Crippen LogP contribution is 2.23. The zero-order chi connectivity index (χ0) is 24.9. The molecular formula is C25H28BrN3O6. The summed E-state index contributed by atoms with van der Waals surface area (Å²) in [5.74, 6) is -0.791. The monoisotopic (exact) mass is 545 g/mol. The van der Waals surface area contributed by atoms with E-state index < -0.39 is 17.5 Å². The summed E-state index contributed by atoms with van der Waals surface area (Å²) in [6.07, 6.45) is -0.0406. The fourth-order valence-electron chi connectivity index (χ4n) is 3.08. The highest BCUT2D eigenvalue weighted by atomic mass is 79.9. The molecule has 0 saturated heterocycles. The van der Waals surface area contributed by atoms with Gasteiger partial charge in [0.05, 0.1) is 13.0 Å². The number of benzene rings is 2. The van der Waals surface area contributed by atoms with E-state index >= 15 is 0 Å². The van der Waals surface area contributed by atoms with Crippen molar-refractivity contribution in [2.24, 2.45) is 5.73 Å². The third kappa shape index (κ3) is 8.25. The van der Waals surface area contributed by atoms with E-state index in [1.54, 1.807) is 63.2 Å². The van der Waals surface area contributed by atoms with Crippen LogP contribution in [0.3, 0.4) is 0 Å². The largest absolute Gasteiger partial charge is 0.460 e. The zero-order valence-corrected chi connectivity index (χ0v) is 21.4. The number of ether oxygens (including phenoxy) is 2. The standard InChI is InChI=1S/C25H27N3O6.BrH/c1-25(2,3)34-22(30)11-10-21(29)28-14-19-8-9-20(32-19)24(31)33-18-7-6-15-12-17(23(26)27)5-4-16(15)13-18;/h4-9,12-13H,10-11,14H2,1-3H3,(H3,26,27)(H,28,29);1H. The number of nitrogen functional groups attached to an aromatic ring is 1. The molecule has 35 heavy (non-hydrogen) atoms. The number of halogens is 1. The van der Waals surface area contributed by atoms with Crippen molar-refractivity contribution < 1.29 is 28.3 Å². The maximum atomic E-state index is 12.4. The topological polar surface area (TPSA) is 145 Å². The summed E-state index contributed by atoms with van der Waals surface area (Å²) in [5.41, 5.74) is 5.52. The number of hydrogen-bond acceptors (Lipinski definition) is 7. The van der Waals surface area contributed by atoms with Crippen molar-refractivity contribution in [3.8, 4) is 5.75 Å². The third-order valence-electron chi connectivity index (χ3n) is 4.63. The van der Waals surface area contributed by atoms with Gasteiger partial charge in [-0.05, 0) is 61.9 Å². The molecule has 0 bridgehead atoms. The lowest BCUT2D eigenvalue weighted by atomic mass is 10.1. The normalized spacial score (nSPS) is 10.8. The lowest BCUT2D eigenvalue weighted by Gasteiger charge is -2.19. The first-order chi connectivity index (χ1) is 16.0. The Labute approximate surface area is 213 Å². The molecule has 3 rings (SSSR count). The van der Waals surface area contributed by atoms with E-state index in [-0.39, 0.29) is 53.9 Å². The van der Waals surface area contributed by atoms with Crippen LogP contribution < -0.4 is 15.8 Å². The van der Waals surface area contributed by atoms with Crippen LogP contribution >= 0.6 is 17.0 Å². The van der Waals surface area contributed by atoms with E-state index in [1.807, 2.05) is 0 Å². The van der Waals surface area contributed by atoms with Crippen LogP contribution in [0.1, 0.15) is 55.5 Å². The Morgan fingerprint density at radius 1 is 1.00 bits per heavy atom. The molecule has 0 aliphatic heterocycles. The van der Waals surface area contributed by atoms with Gasteiger partial charge in [-0.3, -0.25) is 15.0 Å². The first kappa shape index (κ1) is 27.6. The van der Waals surface area contributed by atoms with Gasteiger partial charge in [0, 0.05) is 12.0 Å². The Morgan fingerprint density at radius 3 is 2.37 bits per heavy atom. The quantitative estimate of drug-likeness (QED) is 0.166. The summed E-state index contributed by atoms with van der Waals surface area (Å²) in [4.78, 5) is 36.1. The fraction of sp³-hybridized carbons (Fsp3) is 0.280. The SMILES string of the molecule is Br.CC(C)(C)OC(=O)CCC(=O)NCc1ccc(C(=O)Oc2ccc3cc(C(=N)N)ccc3c2)o1. The molecular weight excluding hydrogens is 518 g/mol. The molecule has 0 aliphatic rings. The molecule has 0 atom stereocenters. The second-order valence-corrected chi connectivity index (χ2v) is 8.66. The van der Waals surface area contributed by atoms with Crippen LogP contribution in [0.25, 0.3) is 10.8 Å². The molecule has 2 aromatic carbocycles. The van der Waals surface area contributed by atoms with Crippen LogP contribution in [0.2, 0.25) is 0 Å². The van der Waals surface area contributed by atoms with E-state index in [1.165, 1.54) is 6.07 Å². The van der Waals surface area contributed by atoms with Crippen molar-refractivity contribution in [3.05, 3.63) is 65.6 Å². The van der Waals surface area contributed by atoms with Gasteiger partial charge in [-0.1, -0.05) is 18.2 Å². The van der Waals surface area contributed by atoms with Gasteiger partial charge in [0.15, 0.2) is 0 Å². The molecule has 1 amide bonds. The van der Waals surface area contributed by atoms with E-state index in [9.17, 15) is 14.4 Å². The number of carbonyl (C=O) groups is 3. The number of furan rings is 1. The predicted molar refractivity (Wildman–Crippen MR) is 136 cm³/mol. The molecule has 0 spiro atoms. The summed E-state index contributed by atoms with van der Waals surface area (Å²) in [7, 11) is 0. The Balaban J connectivity index is 0.00000432. The van der Waals surface area contributed by atoms with Crippen molar-refractivity contribution in [2.75, 3.05) is 0 Å². The van der Waals surface area contributed by atoms with Gasteiger partial charge in [-0.25, -0.2) is 4.79 Å². The molecule has 0 saturated carbocycles. The summed E-state index contributed by atoms with van der Waals surface area (Å²) >= 11 is 0. The lowest BCUT2D eigenvalue weighted by Crippen LogP contribution is -2.26. The van der Waals surface area contributed by atoms with Gasteiger partial charge >= 0.3 is 11.9 Å². The summed E-state index contributed by atoms with van der Waals surface area (Å²) < 4.78 is 16.0. The number of hydrogen-bond donors (Lipinski definition) is 3. The number of esters is 2. The molecule has 0 radical (unpaired) electrons. The minimum absolute atomic E-state index is 0. The van der Waals surface area contributed by atoms with Crippen molar-refractivity contribution in [2.45, 2.75) is 45.8 Å². The van der Waals surface area contributed by atoms with E-state index in [4.69, 9.17) is 25.0 Å². The van der Waals surface area contributed by atoms with Crippen LogP contribution in [0, 0.1) is 5.41 Å². The van der Waals surface area contributed by atoms with Gasteiger partial charge in [0.25, 0.3) is 0 Å². The van der Waals surface area contributed by atoms with Crippen LogP contribution in [0.15, 0.2) is 52.9 Å². The second kappa shape index (κ2) is 11.7. The molecule has 0 unspecified atom stereocenters. The smallest absolute Gasteiger partial charge is 0.379 e. The number of fused-ring (bicyclic) bond motifs is 1. The third-order valence-corrected chi connectivity index (χ3v) is 4.63. The van der Waals surface area contributed by atoms with Crippen molar-refractivity contribution in [3.63, 3.8) is 0 Å². The molecule has 186 valence electrons. The second-order valence-electron chi connectivity index (χ2n) is 8.66. The Hall–Kier alpha value is -3.66. The van der Waals surface area contributed by atoms with Gasteiger partial charge in [0.2, 0.25) is 11.7 Å². The first-order valence-corrected chi connectivity index (χ1v) is 10.7. The van der Waals surface area contributed by atoms with E-state index in [0.717, 1.165) is 10.8 Å². The van der Waals surface area contributed by atoms with Gasteiger partial charge < -0.3 is 24.9 Å². The number of amidine groups is 1. The van der Waals surface area contributed by atoms with Crippen molar-refractivity contribution in [1.82, 2.24) is 5.32 Å². The minimum atomic E-state index is -0.679. The van der Waals surface area contributed by atoms with Crippen LogP contribution in [0.5, 0.6) is 5.75 Å². The van der Waals surface area contributed by atoms with Gasteiger partial charge in [-0.2, -0.15) is 0 Å².